The van der Waals surface area contributed by atoms with Crippen LogP contribution in [0.25, 0.3) is 11.0 Å². The number of benzene rings is 1. The molecule has 1 aromatic heterocycles. The molecule has 6 N–H and O–H groups in total. The molecule has 17 nitrogen and oxygen atoms in total. The first-order valence-corrected chi connectivity index (χ1v) is 13.4. The van der Waals surface area contributed by atoms with Gasteiger partial charge in [0.05, 0.1) is 13.5 Å². The number of aliphatic hydroxyl groups excluding tert-OH is 2. The summed E-state index contributed by atoms with van der Waals surface area (Å²) in [6, 6.07) is 4.97. The van der Waals surface area contributed by atoms with Crippen molar-refractivity contribution in [2.45, 2.75) is 50.0 Å². The first kappa shape index (κ1) is 31.7. The van der Waals surface area contributed by atoms with Gasteiger partial charge < -0.3 is 44.6 Å². The monoisotopic (exact) mass is 604 g/mol. The topological polar surface area (TPSA) is 257 Å². The highest BCUT2D eigenvalue weighted by Crippen LogP contribution is 2.29. The van der Waals surface area contributed by atoms with Crippen LogP contribution in [0.4, 0.5) is 4.79 Å². The van der Waals surface area contributed by atoms with Crippen molar-refractivity contribution in [3.05, 3.63) is 40.2 Å². The van der Waals surface area contributed by atoms with Crippen molar-refractivity contribution in [2.75, 3.05) is 20.2 Å². The SMILES string of the molecule is COC(=O)NCCCCNC(=O)Cc1cc(=O)oc2cc(OC3OC(C(=O)O)C(O)C(O)C3OS(=O)(=O)O)ccc12. The normalized spacial score (nSPS) is 22.6. The zero-order valence-electron chi connectivity index (χ0n) is 21.4. The maximum atomic E-state index is 12.4. The van der Waals surface area contributed by atoms with Crippen LogP contribution in [-0.2, 0) is 40.1 Å². The first-order chi connectivity index (χ1) is 19.3. The Morgan fingerprint density at radius 2 is 1.73 bits per heavy atom. The molecule has 0 aliphatic carbocycles. The molecule has 0 spiro atoms. The first-order valence-electron chi connectivity index (χ1n) is 12.0. The Bertz CT molecular complexity index is 1430. The maximum Gasteiger partial charge on any atom is 0.406 e. The molecule has 18 heteroatoms. The molecule has 0 saturated carbocycles. The van der Waals surface area contributed by atoms with Crippen LogP contribution in [0.15, 0.2) is 33.5 Å². The molecule has 1 saturated heterocycles. The molecule has 2 aromatic rings. The number of methoxy groups -OCH3 is 1. The summed E-state index contributed by atoms with van der Waals surface area (Å²) in [6.45, 7) is 0.674. The number of rotatable bonds is 12. The number of unbranched alkanes of at least 4 members (excludes halogenated alkanes) is 1. The molecule has 2 heterocycles. The molecule has 0 bridgehead atoms. The van der Waals surface area contributed by atoms with Gasteiger partial charge in [-0.25, -0.2) is 18.6 Å². The van der Waals surface area contributed by atoms with E-state index in [0.717, 1.165) is 12.1 Å². The lowest BCUT2D eigenvalue weighted by atomic mass is 9.99. The van der Waals surface area contributed by atoms with Gasteiger partial charge in [-0.2, -0.15) is 8.42 Å². The van der Waals surface area contributed by atoms with Gasteiger partial charge in [0.1, 0.15) is 23.5 Å². The molecular formula is C23H28N2O15S. The fourth-order valence-electron chi connectivity index (χ4n) is 3.92. The molecule has 5 unspecified atom stereocenters. The molecular weight excluding hydrogens is 576 g/mol. The lowest BCUT2D eigenvalue weighted by Crippen LogP contribution is -2.62. The fraction of sp³-hybridized carbons (Fsp3) is 0.478. The van der Waals surface area contributed by atoms with Gasteiger partial charge in [-0.15, -0.1) is 0 Å². The number of carbonyl (C=O) groups is 3. The minimum absolute atomic E-state index is 0.0647. The van der Waals surface area contributed by atoms with Crippen molar-refractivity contribution in [1.82, 2.24) is 10.6 Å². The molecule has 2 amide bonds. The Balaban J connectivity index is 1.73. The van der Waals surface area contributed by atoms with E-state index >= 15 is 0 Å². The Morgan fingerprint density at radius 3 is 2.37 bits per heavy atom. The number of hydrogen-bond acceptors (Lipinski definition) is 13. The molecule has 1 aliphatic rings. The van der Waals surface area contributed by atoms with E-state index in [2.05, 4.69) is 19.6 Å². The molecule has 5 atom stereocenters. The molecule has 0 radical (unpaired) electrons. The number of hydrogen-bond donors (Lipinski definition) is 6. The highest BCUT2D eigenvalue weighted by atomic mass is 32.3. The van der Waals surface area contributed by atoms with Gasteiger partial charge in [-0.05, 0) is 30.5 Å². The lowest BCUT2D eigenvalue weighted by molar-refractivity contribution is -0.265. The van der Waals surface area contributed by atoms with E-state index in [0.29, 0.717) is 36.9 Å². The van der Waals surface area contributed by atoms with Crippen LogP contribution in [-0.4, -0.2) is 97.2 Å². The quantitative estimate of drug-likeness (QED) is 0.0933. The minimum atomic E-state index is -5.21. The third kappa shape index (κ3) is 8.84. The predicted molar refractivity (Wildman–Crippen MR) is 134 cm³/mol. The second kappa shape index (κ2) is 13.7. The van der Waals surface area contributed by atoms with Crippen LogP contribution in [0.2, 0.25) is 0 Å². The number of carbonyl (C=O) groups excluding carboxylic acids is 2. The zero-order chi connectivity index (χ0) is 30.3. The van der Waals surface area contributed by atoms with Crippen LogP contribution in [0.3, 0.4) is 0 Å². The number of aliphatic carboxylic acids is 1. The third-order valence-corrected chi connectivity index (χ3v) is 6.27. The number of carboxylic acids is 1. The second-order valence-electron chi connectivity index (χ2n) is 8.75. The van der Waals surface area contributed by atoms with Gasteiger partial charge in [0.25, 0.3) is 0 Å². The van der Waals surface area contributed by atoms with Crippen molar-refractivity contribution in [1.29, 1.82) is 0 Å². The van der Waals surface area contributed by atoms with Crippen LogP contribution < -0.4 is 21.0 Å². The summed E-state index contributed by atoms with van der Waals surface area (Å²) in [6.07, 6.45) is -10.0. The number of ether oxygens (including phenoxy) is 3. The van der Waals surface area contributed by atoms with Crippen molar-refractivity contribution in [2.24, 2.45) is 0 Å². The zero-order valence-corrected chi connectivity index (χ0v) is 22.2. The summed E-state index contributed by atoms with van der Waals surface area (Å²) in [5.41, 5.74) is -0.568. The number of carboxylic acid groups (broad SMARTS) is 1. The van der Waals surface area contributed by atoms with E-state index < -0.39 is 64.7 Å². The van der Waals surface area contributed by atoms with Crippen LogP contribution in [0, 0.1) is 0 Å². The smallest absolute Gasteiger partial charge is 0.406 e. The standard InChI is InChI=1S/C23H28N2O15S/c1-36-23(32)25-7-3-2-6-24-15(26)8-11-9-16(27)38-14-10-12(4-5-13(11)14)37-22-20(40-41(33,34)35)18(29)17(28)19(39-22)21(30)31/h4-5,9-10,17-20,22,28-29H,2-3,6-8H2,1H3,(H,24,26)(H,25,32)(H,30,31)(H,33,34,35). The molecule has 3 rings (SSSR count). The highest BCUT2D eigenvalue weighted by molar-refractivity contribution is 7.80. The molecule has 1 fully saturated rings. The predicted octanol–water partition coefficient (Wildman–Crippen LogP) is -1.31. The maximum absolute atomic E-state index is 12.4. The average molecular weight is 605 g/mol. The van der Waals surface area contributed by atoms with E-state index in [1.165, 1.54) is 19.2 Å². The Labute approximate surface area is 231 Å². The van der Waals surface area contributed by atoms with Gasteiger partial charge in [-0.3, -0.25) is 9.35 Å². The van der Waals surface area contributed by atoms with Gasteiger partial charge in [-0.1, -0.05) is 0 Å². The average Bonchev–Trinajstić information content (AvgIpc) is 2.88. The van der Waals surface area contributed by atoms with E-state index in [4.69, 9.17) is 18.4 Å². The fourth-order valence-corrected chi connectivity index (χ4v) is 4.40. The van der Waals surface area contributed by atoms with Crippen molar-refractivity contribution in [3.63, 3.8) is 0 Å². The number of alkyl carbamates (subject to hydrolysis) is 1. The third-order valence-electron chi connectivity index (χ3n) is 5.81. The van der Waals surface area contributed by atoms with E-state index in [-0.39, 0.29) is 17.8 Å². The summed E-state index contributed by atoms with van der Waals surface area (Å²) in [7, 11) is -3.97. The summed E-state index contributed by atoms with van der Waals surface area (Å²) < 4.78 is 56.1. The molecule has 1 aromatic carbocycles. The van der Waals surface area contributed by atoms with Crippen molar-refractivity contribution >= 4 is 39.3 Å². The number of nitrogens with one attached hydrogen (secondary N) is 2. The van der Waals surface area contributed by atoms with Gasteiger partial charge in [0.2, 0.25) is 12.2 Å². The highest BCUT2D eigenvalue weighted by Gasteiger charge is 2.51. The summed E-state index contributed by atoms with van der Waals surface area (Å²) >= 11 is 0. The summed E-state index contributed by atoms with van der Waals surface area (Å²) in [5.74, 6) is -2.28. The molecule has 41 heavy (non-hydrogen) atoms. The van der Waals surface area contributed by atoms with Crippen LogP contribution in [0.5, 0.6) is 5.75 Å². The lowest BCUT2D eigenvalue weighted by Gasteiger charge is -2.39. The second-order valence-corrected chi connectivity index (χ2v) is 9.80. The summed E-state index contributed by atoms with van der Waals surface area (Å²) in [5, 5.41) is 35.0. The van der Waals surface area contributed by atoms with Crippen molar-refractivity contribution in [3.8, 4) is 5.75 Å². The molecule has 226 valence electrons. The Hall–Kier alpha value is -3.81. The Kier molecular flexibility index (Phi) is 10.6. The summed E-state index contributed by atoms with van der Waals surface area (Å²) in [4.78, 5) is 47.0. The van der Waals surface area contributed by atoms with Crippen molar-refractivity contribution < 1.29 is 65.5 Å². The largest absolute Gasteiger partial charge is 0.479 e. The van der Waals surface area contributed by atoms with E-state index in [1.54, 1.807) is 0 Å². The number of fused-ring (bicyclic) bond motifs is 1. The van der Waals surface area contributed by atoms with Gasteiger partial charge in [0.15, 0.2) is 12.2 Å². The molecule has 1 aliphatic heterocycles. The number of aliphatic hydroxyl groups is 2. The van der Waals surface area contributed by atoms with Gasteiger partial charge >= 0.3 is 28.1 Å². The van der Waals surface area contributed by atoms with Crippen LogP contribution >= 0.6 is 0 Å². The van der Waals surface area contributed by atoms with E-state index in [9.17, 15) is 42.9 Å². The van der Waals surface area contributed by atoms with Crippen LogP contribution in [0.1, 0.15) is 18.4 Å². The minimum Gasteiger partial charge on any atom is -0.479 e. The Morgan fingerprint density at radius 1 is 1.05 bits per heavy atom. The van der Waals surface area contributed by atoms with E-state index in [1.807, 2.05) is 0 Å². The number of amides is 2. The van der Waals surface area contributed by atoms with Gasteiger partial charge in [0, 0.05) is 30.6 Å².